The third-order valence-electron chi connectivity index (χ3n) is 3.89. The molecule has 1 saturated heterocycles. The van der Waals surface area contributed by atoms with Crippen molar-refractivity contribution in [3.05, 3.63) is 11.5 Å². The number of fused-ring (bicyclic) bond motifs is 1. The highest BCUT2D eigenvalue weighted by atomic mass is 35.5. The molecule has 0 unspecified atom stereocenters. The van der Waals surface area contributed by atoms with Crippen molar-refractivity contribution in [1.29, 1.82) is 0 Å². The van der Waals surface area contributed by atoms with E-state index in [0.29, 0.717) is 23.4 Å². The van der Waals surface area contributed by atoms with Gasteiger partial charge in [0.1, 0.15) is 30.5 Å². The van der Waals surface area contributed by atoms with E-state index in [0.717, 1.165) is 0 Å². The van der Waals surface area contributed by atoms with E-state index < -0.39 is 38.5 Å². The average molecular weight is 424 g/mol. The third kappa shape index (κ3) is 4.39. The van der Waals surface area contributed by atoms with E-state index in [1.54, 1.807) is 0 Å². The summed E-state index contributed by atoms with van der Waals surface area (Å²) in [7, 11) is -4.35. The summed E-state index contributed by atoms with van der Waals surface area (Å²) in [5.41, 5.74) is 0.291. The molecule has 0 bridgehead atoms. The molecule has 0 aliphatic carbocycles. The zero-order chi connectivity index (χ0) is 19.8. The van der Waals surface area contributed by atoms with Gasteiger partial charge in [-0.05, 0) is 18.5 Å². The average Bonchev–Trinajstić information content (AvgIpc) is 3.10. The van der Waals surface area contributed by atoms with Crippen LogP contribution in [0.3, 0.4) is 0 Å². The second-order valence-corrected chi connectivity index (χ2v) is 7.83. The molecule has 2 aromatic rings. The predicted molar refractivity (Wildman–Crippen MR) is 93.3 cm³/mol. The number of aliphatic hydroxyl groups excluding tert-OH is 2. The Balaban J connectivity index is 1.83. The fourth-order valence-electron chi connectivity index (χ4n) is 2.74. The van der Waals surface area contributed by atoms with Gasteiger partial charge in [0.2, 0.25) is 5.28 Å². The second-order valence-electron chi connectivity index (χ2n) is 5.91. The van der Waals surface area contributed by atoms with Crippen molar-refractivity contribution in [1.82, 2.24) is 19.7 Å². The van der Waals surface area contributed by atoms with Crippen molar-refractivity contribution >= 4 is 36.0 Å². The Kier molecular flexibility index (Phi) is 5.99. The van der Waals surface area contributed by atoms with E-state index >= 15 is 0 Å². The van der Waals surface area contributed by atoms with E-state index in [1.165, 1.54) is 10.9 Å². The fraction of sp³-hybridized carbons (Fsp3) is 0.615. The topological polar surface area (TPSA) is 172 Å². The molecule has 1 aliphatic rings. The highest BCUT2D eigenvalue weighted by molar-refractivity contribution is 7.51. The molecule has 150 valence electrons. The molecule has 27 heavy (non-hydrogen) atoms. The molecule has 1 fully saturated rings. The molecule has 0 amide bonds. The lowest BCUT2D eigenvalue weighted by Gasteiger charge is -2.16. The largest absolute Gasteiger partial charge is 0.387 e. The Morgan fingerprint density at radius 3 is 2.78 bits per heavy atom. The normalized spacial score (nSPS) is 26.0. The molecule has 12 nitrogen and oxygen atoms in total. The number of nitrogens with one attached hydrogen (secondary N) is 1. The summed E-state index contributed by atoms with van der Waals surface area (Å²) in [6.45, 7) is 2.15. The molecule has 5 N–H and O–H groups in total. The summed E-state index contributed by atoms with van der Waals surface area (Å²) in [6, 6.07) is 0. The van der Waals surface area contributed by atoms with Crippen molar-refractivity contribution in [3.8, 4) is 0 Å². The first-order chi connectivity index (χ1) is 12.7. The van der Waals surface area contributed by atoms with Crippen LogP contribution >= 0.6 is 19.2 Å². The number of anilines is 1. The van der Waals surface area contributed by atoms with Gasteiger partial charge in [-0.2, -0.15) is 15.1 Å². The van der Waals surface area contributed by atoms with Gasteiger partial charge in [0, 0.05) is 6.54 Å². The summed E-state index contributed by atoms with van der Waals surface area (Å²) in [5.74, 6) is 0.466. The van der Waals surface area contributed by atoms with E-state index in [4.69, 9.17) is 30.9 Å². The van der Waals surface area contributed by atoms with Crippen molar-refractivity contribution in [2.45, 2.75) is 31.5 Å². The number of aromatic nitrogens is 4. The quantitative estimate of drug-likeness (QED) is 0.292. The van der Waals surface area contributed by atoms with Crippen molar-refractivity contribution in [2.75, 3.05) is 24.8 Å². The molecule has 3 rings (SSSR count). The van der Waals surface area contributed by atoms with Gasteiger partial charge in [-0.1, -0.05) is 0 Å². The monoisotopic (exact) mass is 423 g/mol. The Morgan fingerprint density at radius 1 is 1.37 bits per heavy atom. The molecule has 1 aliphatic heterocycles. The summed E-state index contributed by atoms with van der Waals surface area (Å²) >= 11 is 5.95. The molecule has 0 saturated carbocycles. The van der Waals surface area contributed by atoms with Crippen LogP contribution in [0.4, 0.5) is 5.82 Å². The lowest BCUT2D eigenvalue weighted by molar-refractivity contribution is -0.0658. The van der Waals surface area contributed by atoms with E-state index in [1.807, 2.05) is 6.92 Å². The number of rotatable bonds is 7. The zero-order valence-corrected chi connectivity index (χ0v) is 15.8. The minimum atomic E-state index is -4.35. The Morgan fingerprint density at radius 2 is 2.11 bits per heavy atom. The maximum Gasteiger partial charge on any atom is 0.350 e. The van der Waals surface area contributed by atoms with Gasteiger partial charge in [0.05, 0.1) is 18.2 Å². The molecular weight excluding hydrogens is 405 g/mol. The van der Waals surface area contributed by atoms with Crippen LogP contribution in [-0.2, 0) is 14.0 Å². The summed E-state index contributed by atoms with van der Waals surface area (Å²) in [6.07, 6.45) is -4.17. The van der Waals surface area contributed by atoms with E-state index in [-0.39, 0.29) is 11.9 Å². The first-order valence-electron chi connectivity index (χ1n) is 7.99. The smallest absolute Gasteiger partial charge is 0.350 e. The van der Waals surface area contributed by atoms with E-state index in [9.17, 15) is 14.8 Å². The van der Waals surface area contributed by atoms with Crippen LogP contribution in [0, 0.1) is 0 Å². The molecule has 0 aromatic carbocycles. The molecular formula is C13H19ClN5O7P. The lowest BCUT2D eigenvalue weighted by Crippen LogP contribution is -2.34. The Bertz CT molecular complexity index is 861. The standard InChI is InChI=1S/C13H19ClN5O7P/c1-2-15-10-6-3-16-19(11(6)18-13(14)17-10)12-9(21)8(20)7(26-12)4-25-5-27(22,23)24/h3,7-9,12,20-21H,2,4-5H2,1H3,(H,15,17,18)(H2,22,23,24)/t7-,8-,9-,12-/m1/s1. The number of hydrogen-bond acceptors (Lipinski definition) is 9. The van der Waals surface area contributed by atoms with E-state index in [2.05, 4.69) is 20.4 Å². The fourth-order valence-corrected chi connectivity index (χ4v) is 3.25. The van der Waals surface area contributed by atoms with Gasteiger partial charge >= 0.3 is 7.60 Å². The maximum absolute atomic E-state index is 10.8. The molecule has 4 atom stereocenters. The minimum Gasteiger partial charge on any atom is -0.387 e. The summed E-state index contributed by atoms with van der Waals surface area (Å²) in [4.78, 5) is 25.8. The molecule has 0 spiro atoms. The highest BCUT2D eigenvalue weighted by Crippen LogP contribution is 2.36. The molecule has 2 aromatic heterocycles. The number of hydrogen-bond donors (Lipinski definition) is 5. The predicted octanol–water partition coefficient (Wildman–Crippen LogP) is -0.318. The number of nitrogens with zero attached hydrogens (tertiary/aromatic N) is 4. The van der Waals surface area contributed by atoms with Crippen LogP contribution in [-0.4, -0.2) is 77.6 Å². The van der Waals surface area contributed by atoms with Crippen molar-refractivity contribution in [3.63, 3.8) is 0 Å². The van der Waals surface area contributed by atoms with Crippen molar-refractivity contribution in [2.24, 2.45) is 0 Å². The number of ether oxygens (including phenoxy) is 2. The maximum atomic E-state index is 10.8. The van der Waals surface area contributed by atoms with Crippen molar-refractivity contribution < 1.29 is 34.0 Å². The van der Waals surface area contributed by atoms with Crippen LogP contribution in [0.15, 0.2) is 6.20 Å². The van der Waals surface area contributed by atoms with Crippen LogP contribution < -0.4 is 5.32 Å². The molecule has 0 radical (unpaired) electrons. The SMILES string of the molecule is CCNc1nc(Cl)nc2c1cnn2[C@@H]1O[C@H](COCP(=O)(O)O)[C@@H](O)[C@H]1O. The summed E-state index contributed by atoms with van der Waals surface area (Å²) in [5, 5.41) is 28.2. The van der Waals surface area contributed by atoms with Crippen LogP contribution in [0.25, 0.3) is 11.0 Å². The second kappa shape index (κ2) is 7.94. The zero-order valence-electron chi connectivity index (χ0n) is 14.1. The van der Waals surface area contributed by atoms with Crippen LogP contribution in [0.1, 0.15) is 13.2 Å². The van der Waals surface area contributed by atoms with Gasteiger partial charge in [-0.15, -0.1) is 0 Å². The van der Waals surface area contributed by atoms with Gasteiger partial charge in [0.15, 0.2) is 11.9 Å². The van der Waals surface area contributed by atoms with Crippen LogP contribution in [0.5, 0.6) is 0 Å². The van der Waals surface area contributed by atoms with Gasteiger partial charge in [-0.25, -0.2) is 4.68 Å². The first kappa shape index (κ1) is 20.4. The van der Waals surface area contributed by atoms with Gasteiger partial charge < -0.3 is 34.8 Å². The third-order valence-corrected chi connectivity index (χ3v) is 4.58. The summed E-state index contributed by atoms with van der Waals surface area (Å²) < 4.78 is 22.6. The first-order valence-corrected chi connectivity index (χ1v) is 10.2. The number of aliphatic hydroxyl groups is 2. The molecule has 3 heterocycles. The molecule has 14 heteroatoms. The minimum absolute atomic E-state index is 0.0326. The van der Waals surface area contributed by atoms with Gasteiger partial charge in [0.25, 0.3) is 0 Å². The Labute approximate surface area is 158 Å². The highest BCUT2D eigenvalue weighted by Gasteiger charge is 2.45. The number of halogens is 1. The van der Waals surface area contributed by atoms with Crippen LogP contribution in [0.2, 0.25) is 5.28 Å². The van der Waals surface area contributed by atoms with Gasteiger partial charge in [-0.3, -0.25) is 4.57 Å². The Hall–Kier alpha value is -1.37. The lowest BCUT2D eigenvalue weighted by atomic mass is 10.1.